The fraction of sp³-hybridized carbons (Fsp3) is 0.889. The molecule has 136 valence electrons. The third-order valence-electron chi connectivity index (χ3n) is 5.75. The fourth-order valence-corrected chi connectivity index (χ4v) is 4.35. The van der Waals surface area contributed by atoms with Crippen molar-refractivity contribution < 1.29 is 9.59 Å². The number of piperazine rings is 1. The highest BCUT2D eigenvalue weighted by Gasteiger charge is 2.41. The molecule has 0 aromatic rings. The van der Waals surface area contributed by atoms with Crippen LogP contribution < -0.4 is 0 Å². The van der Waals surface area contributed by atoms with Crippen molar-refractivity contribution in [3.8, 4) is 0 Å². The second kappa shape index (κ2) is 7.30. The summed E-state index contributed by atoms with van der Waals surface area (Å²) < 4.78 is 0. The van der Waals surface area contributed by atoms with Crippen molar-refractivity contribution in [2.45, 2.75) is 39.2 Å². The van der Waals surface area contributed by atoms with Crippen LogP contribution in [0.15, 0.2) is 0 Å². The Morgan fingerprint density at radius 2 is 1.79 bits per heavy atom. The Labute approximate surface area is 145 Å². The fourth-order valence-electron chi connectivity index (χ4n) is 4.35. The number of hydrogen-bond acceptors (Lipinski definition) is 3. The number of carbonyl (C=O) groups is 2. The zero-order valence-electron chi connectivity index (χ0n) is 15.4. The van der Waals surface area contributed by atoms with Gasteiger partial charge in [-0.1, -0.05) is 13.8 Å². The average Bonchev–Trinajstić information content (AvgIpc) is 2.57. The first-order valence-electron chi connectivity index (χ1n) is 9.47. The van der Waals surface area contributed by atoms with E-state index in [0.717, 1.165) is 58.7 Å². The second-order valence-corrected chi connectivity index (χ2v) is 8.11. The van der Waals surface area contributed by atoms with Gasteiger partial charge in [0.05, 0.1) is 0 Å². The Morgan fingerprint density at radius 3 is 2.46 bits per heavy atom. The molecule has 0 aromatic carbocycles. The molecule has 0 bridgehead atoms. The molecular formula is C18H32N4O2. The average molecular weight is 336 g/mol. The van der Waals surface area contributed by atoms with E-state index in [1.807, 2.05) is 9.80 Å². The van der Waals surface area contributed by atoms with Crippen molar-refractivity contribution in [1.82, 2.24) is 19.6 Å². The summed E-state index contributed by atoms with van der Waals surface area (Å²) in [6.45, 7) is 10.4. The molecule has 6 nitrogen and oxygen atoms in total. The van der Waals surface area contributed by atoms with E-state index < -0.39 is 0 Å². The predicted octanol–water partition coefficient (Wildman–Crippen LogP) is 1.32. The van der Waals surface area contributed by atoms with Gasteiger partial charge in [-0.15, -0.1) is 0 Å². The SMILES string of the molecule is CC(C)CN1C(=O)CC[C@H]2CN(C(=O)N3CCN(C)CC3)CC[C@H]21. The van der Waals surface area contributed by atoms with Crippen molar-refractivity contribution in [2.75, 3.05) is 52.9 Å². The summed E-state index contributed by atoms with van der Waals surface area (Å²) in [6.07, 6.45) is 2.51. The monoisotopic (exact) mass is 336 g/mol. The molecule has 3 saturated heterocycles. The number of likely N-dealkylation sites (tertiary alicyclic amines) is 2. The van der Waals surface area contributed by atoms with Crippen molar-refractivity contribution in [3.63, 3.8) is 0 Å². The van der Waals surface area contributed by atoms with Gasteiger partial charge in [-0.05, 0) is 31.7 Å². The molecular weight excluding hydrogens is 304 g/mol. The Morgan fingerprint density at radius 1 is 1.08 bits per heavy atom. The molecule has 3 aliphatic rings. The van der Waals surface area contributed by atoms with Crippen molar-refractivity contribution in [1.29, 1.82) is 0 Å². The predicted molar refractivity (Wildman–Crippen MR) is 93.7 cm³/mol. The molecule has 0 saturated carbocycles. The lowest BCUT2D eigenvalue weighted by Gasteiger charge is -2.48. The topological polar surface area (TPSA) is 47.1 Å². The van der Waals surface area contributed by atoms with Gasteiger partial charge in [0.15, 0.2) is 0 Å². The molecule has 3 aliphatic heterocycles. The van der Waals surface area contributed by atoms with E-state index >= 15 is 0 Å². The van der Waals surface area contributed by atoms with E-state index in [0.29, 0.717) is 30.2 Å². The van der Waals surface area contributed by atoms with Crippen LogP contribution in [-0.2, 0) is 4.79 Å². The second-order valence-electron chi connectivity index (χ2n) is 8.11. The zero-order valence-corrected chi connectivity index (χ0v) is 15.4. The van der Waals surface area contributed by atoms with Gasteiger partial charge in [0.2, 0.25) is 5.91 Å². The van der Waals surface area contributed by atoms with Crippen LogP contribution in [0.5, 0.6) is 0 Å². The van der Waals surface area contributed by atoms with E-state index in [9.17, 15) is 9.59 Å². The molecule has 0 N–H and O–H groups in total. The Hall–Kier alpha value is -1.30. The minimum Gasteiger partial charge on any atom is -0.339 e. The highest BCUT2D eigenvalue weighted by atomic mass is 16.2. The number of carbonyl (C=O) groups excluding carboxylic acids is 2. The van der Waals surface area contributed by atoms with Crippen LogP contribution in [-0.4, -0.2) is 90.4 Å². The van der Waals surface area contributed by atoms with E-state index in [1.54, 1.807) is 0 Å². The standard InChI is InChI=1S/C18H32N4O2/c1-14(2)12-22-16-6-7-21(13-15(16)4-5-17(22)23)18(24)20-10-8-19(3)9-11-20/h14-16H,4-13H2,1-3H3/t15-,16+/m0/s1. The molecule has 0 aromatic heterocycles. The molecule has 3 amide bonds. The van der Waals surface area contributed by atoms with Gasteiger partial charge >= 0.3 is 6.03 Å². The van der Waals surface area contributed by atoms with Crippen LogP contribution in [0.4, 0.5) is 4.79 Å². The first-order chi connectivity index (χ1) is 11.5. The van der Waals surface area contributed by atoms with Gasteiger partial charge in [-0.25, -0.2) is 4.79 Å². The van der Waals surface area contributed by atoms with E-state index in [-0.39, 0.29) is 6.03 Å². The Bertz CT molecular complexity index is 474. The molecule has 3 fully saturated rings. The zero-order chi connectivity index (χ0) is 17.3. The lowest BCUT2D eigenvalue weighted by atomic mass is 9.83. The molecule has 3 rings (SSSR count). The highest BCUT2D eigenvalue weighted by molar-refractivity contribution is 5.78. The lowest BCUT2D eigenvalue weighted by molar-refractivity contribution is -0.141. The van der Waals surface area contributed by atoms with Gasteiger partial charge in [-0.2, -0.15) is 0 Å². The first-order valence-corrected chi connectivity index (χ1v) is 9.47. The van der Waals surface area contributed by atoms with Crippen LogP contribution in [0.1, 0.15) is 33.1 Å². The van der Waals surface area contributed by atoms with Crippen LogP contribution >= 0.6 is 0 Å². The van der Waals surface area contributed by atoms with Gasteiger partial charge < -0.3 is 19.6 Å². The van der Waals surface area contributed by atoms with E-state index in [2.05, 4.69) is 30.7 Å². The van der Waals surface area contributed by atoms with Crippen molar-refractivity contribution in [2.24, 2.45) is 11.8 Å². The number of hydrogen-bond donors (Lipinski definition) is 0. The van der Waals surface area contributed by atoms with Crippen LogP contribution in [0, 0.1) is 11.8 Å². The van der Waals surface area contributed by atoms with Gasteiger partial charge in [0.1, 0.15) is 0 Å². The molecule has 0 radical (unpaired) electrons. The third-order valence-corrected chi connectivity index (χ3v) is 5.75. The summed E-state index contributed by atoms with van der Waals surface area (Å²) in [5.41, 5.74) is 0. The number of likely N-dealkylation sites (N-methyl/N-ethyl adjacent to an activating group) is 1. The molecule has 24 heavy (non-hydrogen) atoms. The van der Waals surface area contributed by atoms with Gasteiger partial charge in [0.25, 0.3) is 0 Å². The normalized spacial score (nSPS) is 29.2. The van der Waals surface area contributed by atoms with Crippen LogP contribution in [0.3, 0.4) is 0 Å². The van der Waals surface area contributed by atoms with Gasteiger partial charge in [0, 0.05) is 58.3 Å². The number of piperidine rings is 2. The number of fused-ring (bicyclic) bond motifs is 1. The smallest absolute Gasteiger partial charge is 0.320 e. The minimum atomic E-state index is 0.203. The maximum atomic E-state index is 12.8. The molecule has 0 aliphatic carbocycles. The summed E-state index contributed by atoms with van der Waals surface area (Å²) in [4.78, 5) is 33.5. The quantitative estimate of drug-likeness (QED) is 0.764. The highest BCUT2D eigenvalue weighted by Crippen LogP contribution is 2.32. The maximum absolute atomic E-state index is 12.8. The number of rotatable bonds is 2. The first kappa shape index (κ1) is 17.5. The third kappa shape index (κ3) is 3.68. The van der Waals surface area contributed by atoms with E-state index in [4.69, 9.17) is 0 Å². The Balaban J connectivity index is 1.60. The Kier molecular flexibility index (Phi) is 5.33. The summed E-state index contributed by atoms with van der Waals surface area (Å²) in [6, 6.07) is 0.541. The van der Waals surface area contributed by atoms with Crippen LogP contribution in [0.25, 0.3) is 0 Å². The summed E-state index contributed by atoms with van der Waals surface area (Å²) in [5, 5.41) is 0. The molecule has 2 atom stereocenters. The number of amides is 3. The maximum Gasteiger partial charge on any atom is 0.320 e. The van der Waals surface area contributed by atoms with Crippen molar-refractivity contribution in [3.05, 3.63) is 0 Å². The number of nitrogens with zero attached hydrogens (tertiary/aromatic N) is 4. The largest absolute Gasteiger partial charge is 0.339 e. The molecule has 0 unspecified atom stereocenters. The number of urea groups is 1. The van der Waals surface area contributed by atoms with E-state index in [1.165, 1.54) is 0 Å². The molecule has 6 heteroatoms. The van der Waals surface area contributed by atoms with Crippen LogP contribution in [0.2, 0.25) is 0 Å². The minimum absolute atomic E-state index is 0.203. The molecule has 0 spiro atoms. The molecule has 3 heterocycles. The summed E-state index contributed by atoms with van der Waals surface area (Å²) in [5.74, 6) is 1.26. The van der Waals surface area contributed by atoms with Gasteiger partial charge in [-0.3, -0.25) is 4.79 Å². The summed E-state index contributed by atoms with van der Waals surface area (Å²) >= 11 is 0. The van der Waals surface area contributed by atoms with Crippen molar-refractivity contribution >= 4 is 11.9 Å². The summed E-state index contributed by atoms with van der Waals surface area (Å²) in [7, 11) is 2.11. The lowest BCUT2D eigenvalue weighted by Crippen LogP contribution is -2.60.